The summed E-state index contributed by atoms with van der Waals surface area (Å²) in [5, 5.41) is 14.4. The summed E-state index contributed by atoms with van der Waals surface area (Å²) in [5.74, 6) is -0.367. The van der Waals surface area contributed by atoms with Crippen molar-refractivity contribution in [3.63, 3.8) is 0 Å². The summed E-state index contributed by atoms with van der Waals surface area (Å²) in [7, 11) is 0. The first kappa shape index (κ1) is 16.7. The molecule has 1 N–H and O–H groups in total. The van der Waals surface area contributed by atoms with Gasteiger partial charge in [-0.3, -0.25) is 15.1 Å². The van der Waals surface area contributed by atoms with Gasteiger partial charge in [-0.05, 0) is 11.5 Å². The first-order valence-corrected chi connectivity index (χ1v) is 6.92. The van der Waals surface area contributed by atoms with E-state index < -0.39 is 28.9 Å². The molecule has 2 rings (SSSR count). The average molecular weight is 317 g/mol. The Morgan fingerprint density at radius 3 is 2.50 bits per heavy atom. The fraction of sp³-hybridized carbons (Fsp3) is 0.643. The lowest BCUT2D eigenvalue weighted by Gasteiger charge is -2.28. The highest BCUT2D eigenvalue weighted by Crippen LogP contribution is 2.42. The summed E-state index contributed by atoms with van der Waals surface area (Å²) < 4.78 is 39.3. The van der Waals surface area contributed by atoms with E-state index >= 15 is 0 Å². The molecule has 2 heterocycles. The van der Waals surface area contributed by atoms with Crippen molar-refractivity contribution >= 4 is 0 Å². The number of halogens is 3. The van der Waals surface area contributed by atoms with Gasteiger partial charge in [-0.1, -0.05) is 26.8 Å². The zero-order valence-corrected chi connectivity index (χ0v) is 12.5. The number of alkyl halides is 3. The molecule has 3 unspecified atom stereocenters. The van der Waals surface area contributed by atoms with Gasteiger partial charge >= 0.3 is 6.18 Å². The predicted octanol–water partition coefficient (Wildman–Crippen LogP) is 3.05. The quantitative estimate of drug-likeness (QED) is 0.672. The molecule has 0 saturated carbocycles. The van der Waals surface area contributed by atoms with Gasteiger partial charge in [0.15, 0.2) is 0 Å². The monoisotopic (exact) mass is 317 g/mol. The topological polar surface area (TPSA) is 68.1 Å². The minimum absolute atomic E-state index is 0.163. The largest absolute Gasteiger partial charge is 0.433 e. The van der Waals surface area contributed by atoms with Gasteiger partial charge in [0.05, 0.1) is 0 Å². The maximum Gasteiger partial charge on any atom is 0.433 e. The summed E-state index contributed by atoms with van der Waals surface area (Å²) in [5.41, 5.74) is -1.61. The highest BCUT2D eigenvalue weighted by atomic mass is 19.4. The smallest absolute Gasteiger partial charge is 0.304 e. The molecule has 0 amide bonds. The molecule has 8 heteroatoms. The number of hydrogen-bond acceptors (Lipinski definition) is 4. The third-order valence-electron chi connectivity index (χ3n) is 4.11. The summed E-state index contributed by atoms with van der Waals surface area (Å²) >= 11 is 0. The number of hydrogen-bond donors (Lipinski definition) is 1. The Labute approximate surface area is 126 Å². The van der Waals surface area contributed by atoms with Crippen LogP contribution in [-0.4, -0.2) is 22.5 Å². The molecule has 1 saturated heterocycles. The molecule has 0 aromatic carbocycles. The van der Waals surface area contributed by atoms with Crippen LogP contribution in [0.5, 0.6) is 0 Å². The zero-order valence-electron chi connectivity index (χ0n) is 12.5. The van der Waals surface area contributed by atoms with Crippen LogP contribution in [-0.2, 0) is 6.18 Å². The molecule has 22 heavy (non-hydrogen) atoms. The molecule has 122 valence electrons. The number of aromatic nitrogens is 1. The minimum atomic E-state index is -4.64. The first-order valence-electron chi connectivity index (χ1n) is 6.92. The van der Waals surface area contributed by atoms with E-state index in [1.165, 1.54) is 12.1 Å². The van der Waals surface area contributed by atoms with Crippen molar-refractivity contribution in [3.8, 4) is 0 Å². The number of nitro groups is 1. The van der Waals surface area contributed by atoms with Gasteiger partial charge in [0.25, 0.3) is 0 Å². The van der Waals surface area contributed by atoms with Crippen molar-refractivity contribution in [1.82, 2.24) is 10.3 Å². The predicted molar refractivity (Wildman–Crippen MR) is 73.7 cm³/mol. The molecular formula is C14H18F3N3O2. The normalized spacial score (nSPS) is 26.2. The van der Waals surface area contributed by atoms with Crippen LogP contribution >= 0.6 is 0 Å². The molecule has 0 radical (unpaired) electrons. The second kappa shape index (κ2) is 5.49. The number of nitrogens with one attached hydrogen (secondary N) is 1. The van der Waals surface area contributed by atoms with Gasteiger partial charge in [-0.15, -0.1) is 0 Å². The second-order valence-electron chi connectivity index (χ2n) is 6.57. The summed E-state index contributed by atoms with van der Waals surface area (Å²) in [6, 6.07) is 0.512. The number of pyridine rings is 1. The van der Waals surface area contributed by atoms with Crippen molar-refractivity contribution in [1.29, 1.82) is 0 Å². The van der Waals surface area contributed by atoms with Crippen molar-refractivity contribution in [3.05, 3.63) is 39.7 Å². The van der Waals surface area contributed by atoms with Crippen LogP contribution in [0.15, 0.2) is 18.3 Å². The maximum absolute atomic E-state index is 13.1. The summed E-state index contributed by atoms with van der Waals surface area (Å²) in [6.07, 6.45) is -3.59. The summed E-state index contributed by atoms with van der Waals surface area (Å²) in [4.78, 5) is 14.4. The lowest BCUT2D eigenvalue weighted by atomic mass is 9.76. The van der Waals surface area contributed by atoms with Crippen LogP contribution in [0.1, 0.15) is 38.1 Å². The van der Waals surface area contributed by atoms with Crippen LogP contribution in [0.3, 0.4) is 0 Å². The fourth-order valence-corrected chi connectivity index (χ4v) is 3.01. The summed E-state index contributed by atoms with van der Waals surface area (Å²) in [6.45, 7) is 5.86. The van der Waals surface area contributed by atoms with Crippen LogP contribution < -0.4 is 5.32 Å². The van der Waals surface area contributed by atoms with Crippen LogP contribution in [0, 0.1) is 21.4 Å². The Morgan fingerprint density at radius 2 is 2.00 bits per heavy atom. The lowest BCUT2D eigenvalue weighted by Crippen LogP contribution is -2.38. The number of rotatable bonds is 2. The SMILES string of the molecule is CC(C)(C)C1CNC(c2cccnc2C(F)(F)F)C1[N+](=O)[O-]. The van der Waals surface area contributed by atoms with E-state index in [4.69, 9.17) is 0 Å². The lowest BCUT2D eigenvalue weighted by molar-refractivity contribution is -0.535. The third kappa shape index (κ3) is 3.06. The first-order chi connectivity index (χ1) is 10.0. The van der Waals surface area contributed by atoms with E-state index in [2.05, 4.69) is 10.3 Å². The van der Waals surface area contributed by atoms with E-state index in [1.807, 2.05) is 20.8 Å². The zero-order chi connectivity index (χ0) is 16.7. The van der Waals surface area contributed by atoms with Crippen molar-refractivity contribution in [2.75, 3.05) is 6.54 Å². The molecule has 1 aromatic heterocycles. The van der Waals surface area contributed by atoms with Gasteiger partial charge in [0, 0.05) is 29.1 Å². The Morgan fingerprint density at radius 1 is 1.36 bits per heavy atom. The standard InChI is InChI=1S/C14H18F3N3O2/c1-13(2,3)9-7-19-10(11(9)20(21)22)8-5-4-6-18-12(8)14(15,16)17/h4-6,9-11,19H,7H2,1-3H3. The molecule has 1 fully saturated rings. The highest BCUT2D eigenvalue weighted by Gasteiger charge is 2.52. The van der Waals surface area contributed by atoms with Crippen molar-refractivity contribution in [2.24, 2.45) is 11.3 Å². The van der Waals surface area contributed by atoms with Gasteiger partial charge in [0.1, 0.15) is 11.7 Å². The molecule has 5 nitrogen and oxygen atoms in total. The van der Waals surface area contributed by atoms with Crippen molar-refractivity contribution in [2.45, 2.75) is 39.0 Å². The second-order valence-corrected chi connectivity index (χ2v) is 6.57. The van der Waals surface area contributed by atoms with Gasteiger partial charge in [-0.25, -0.2) is 0 Å². The van der Waals surface area contributed by atoms with Crippen LogP contribution in [0.2, 0.25) is 0 Å². The van der Waals surface area contributed by atoms with E-state index in [-0.39, 0.29) is 16.9 Å². The number of nitrogens with zero attached hydrogens (tertiary/aromatic N) is 2. The Balaban J connectivity index is 2.48. The molecule has 0 aliphatic carbocycles. The van der Waals surface area contributed by atoms with E-state index in [9.17, 15) is 23.3 Å². The molecular weight excluding hydrogens is 299 g/mol. The fourth-order valence-electron chi connectivity index (χ4n) is 3.01. The van der Waals surface area contributed by atoms with E-state index in [1.54, 1.807) is 0 Å². The molecule has 1 aliphatic heterocycles. The highest BCUT2D eigenvalue weighted by molar-refractivity contribution is 5.28. The Hall–Kier alpha value is -1.70. The molecule has 1 aliphatic rings. The van der Waals surface area contributed by atoms with Gasteiger partial charge < -0.3 is 5.32 Å². The molecule has 1 aromatic rings. The van der Waals surface area contributed by atoms with Gasteiger partial charge in [-0.2, -0.15) is 13.2 Å². The Kier molecular flexibility index (Phi) is 4.16. The average Bonchev–Trinajstić information content (AvgIpc) is 2.82. The van der Waals surface area contributed by atoms with Crippen LogP contribution in [0.4, 0.5) is 13.2 Å². The molecule has 0 bridgehead atoms. The molecule has 3 atom stereocenters. The molecule has 0 spiro atoms. The minimum Gasteiger partial charge on any atom is -0.304 e. The van der Waals surface area contributed by atoms with Gasteiger partial charge in [0.2, 0.25) is 6.04 Å². The van der Waals surface area contributed by atoms with E-state index in [0.717, 1.165) is 6.20 Å². The maximum atomic E-state index is 13.1. The van der Waals surface area contributed by atoms with Crippen molar-refractivity contribution < 1.29 is 18.1 Å². The van der Waals surface area contributed by atoms with E-state index in [0.29, 0.717) is 6.54 Å². The Bertz CT molecular complexity index is 569. The third-order valence-corrected chi connectivity index (χ3v) is 4.11. The van der Waals surface area contributed by atoms with Crippen LogP contribution in [0.25, 0.3) is 0 Å².